The summed E-state index contributed by atoms with van der Waals surface area (Å²) in [6.07, 6.45) is 1.26. The van der Waals surface area contributed by atoms with E-state index in [0.29, 0.717) is 31.7 Å². The number of ether oxygens (including phenoxy) is 1. The van der Waals surface area contributed by atoms with Crippen molar-refractivity contribution in [3.05, 3.63) is 59.1 Å². The van der Waals surface area contributed by atoms with E-state index in [-0.39, 0.29) is 40.6 Å². The van der Waals surface area contributed by atoms with Crippen LogP contribution in [0.15, 0.2) is 36.9 Å². The average molecular weight is 421 g/mol. The normalized spacial score (nSPS) is 19.0. The first-order chi connectivity index (χ1) is 13.9. The molecule has 1 N–H and O–H groups in total. The topological polar surface area (TPSA) is 53.0 Å². The highest BCUT2D eigenvalue weighted by molar-refractivity contribution is 6.33. The van der Waals surface area contributed by atoms with E-state index in [1.54, 1.807) is 4.90 Å². The highest BCUT2D eigenvalue weighted by Gasteiger charge is 2.34. The summed E-state index contributed by atoms with van der Waals surface area (Å²) in [5, 5.41) is 10.1. The van der Waals surface area contributed by atoms with Crippen molar-refractivity contribution < 1.29 is 23.4 Å². The second-order valence-corrected chi connectivity index (χ2v) is 7.50. The third kappa shape index (κ3) is 3.45. The molecule has 2 aliphatic rings. The van der Waals surface area contributed by atoms with Gasteiger partial charge in [0.15, 0.2) is 11.6 Å². The number of carbonyl (C=O) groups excluding carboxylic acids is 1. The van der Waals surface area contributed by atoms with Crippen LogP contribution in [0.3, 0.4) is 0 Å². The minimum atomic E-state index is -0.901. The van der Waals surface area contributed by atoms with E-state index < -0.39 is 17.2 Å². The Morgan fingerprint density at radius 1 is 1.31 bits per heavy atom. The first-order valence-corrected chi connectivity index (χ1v) is 9.55. The second kappa shape index (κ2) is 7.65. The van der Waals surface area contributed by atoms with Crippen molar-refractivity contribution in [3.63, 3.8) is 0 Å². The van der Waals surface area contributed by atoms with Gasteiger partial charge in [-0.05, 0) is 24.3 Å². The summed E-state index contributed by atoms with van der Waals surface area (Å²) in [7, 11) is 0. The van der Waals surface area contributed by atoms with Crippen LogP contribution in [0.1, 0.15) is 5.56 Å². The Labute approximate surface area is 171 Å². The fourth-order valence-corrected chi connectivity index (χ4v) is 4.16. The number of phenols is 1. The van der Waals surface area contributed by atoms with Gasteiger partial charge in [0.1, 0.15) is 18.2 Å². The fraction of sp³-hybridized carbons (Fsp3) is 0.286. The van der Waals surface area contributed by atoms with E-state index in [4.69, 9.17) is 16.3 Å². The Kier molecular flexibility index (Phi) is 5.19. The molecule has 2 aliphatic heterocycles. The molecule has 1 unspecified atom stereocenters. The monoisotopic (exact) mass is 420 g/mol. The molecule has 1 saturated heterocycles. The Hall–Kier alpha value is -2.64. The van der Waals surface area contributed by atoms with E-state index in [1.165, 1.54) is 30.3 Å². The summed E-state index contributed by atoms with van der Waals surface area (Å²) in [6, 6.07) is 5.33. The molecule has 1 amide bonds. The van der Waals surface area contributed by atoms with Gasteiger partial charge in [-0.15, -0.1) is 0 Å². The van der Waals surface area contributed by atoms with Crippen LogP contribution in [0.4, 0.5) is 8.78 Å². The molecule has 0 aromatic heterocycles. The predicted molar refractivity (Wildman–Crippen MR) is 105 cm³/mol. The Morgan fingerprint density at radius 3 is 2.83 bits per heavy atom. The van der Waals surface area contributed by atoms with Crippen LogP contribution < -0.4 is 4.74 Å². The van der Waals surface area contributed by atoms with E-state index in [9.17, 15) is 14.3 Å². The molecular weight excluding hydrogens is 402 g/mol. The van der Waals surface area contributed by atoms with E-state index in [0.717, 1.165) is 0 Å². The largest absolute Gasteiger partial charge is 0.507 e. The molecule has 0 radical (unpaired) electrons. The fourth-order valence-electron chi connectivity index (χ4n) is 3.90. The van der Waals surface area contributed by atoms with Gasteiger partial charge in [0, 0.05) is 37.3 Å². The molecule has 2 heterocycles. The van der Waals surface area contributed by atoms with Gasteiger partial charge in [0.05, 0.1) is 16.6 Å². The van der Waals surface area contributed by atoms with Crippen molar-refractivity contribution in [2.45, 2.75) is 12.6 Å². The Balaban J connectivity index is 1.71. The first kappa shape index (κ1) is 19.7. The molecule has 29 heavy (non-hydrogen) atoms. The molecular formula is C21H19ClF2N2O3. The number of halogens is 3. The maximum atomic E-state index is 15.3. The van der Waals surface area contributed by atoms with Gasteiger partial charge < -0.3 is 14.7 Å². The molecule has 0 aliphatic carbocycles. The summed E-state index contributed by atoms with van der Waals surface area (Å²) in [6.45, 7) is 5.42. The lowest BCUT2D eigenvalue weighted by Gasteiger charge is -2.39. The smallest absolute Gasteiger partial charge is 0.246 e. The van der Waals surface area contributed by atoms with Crippen molar-refractivity contribution in [1.82, 2.24) is 9.80 Å². The summed E-state index contributed by atoms with van der Waals surface area (Å²) in [5.74, 6) is -2.27. The zero-order chi connectivity index (χ0) is 20.7. The first-order valence-electron chi connectivity index (χ1n) is 9.17. The number of piperazine rings is 1. The summed E-state index contributed by atoms with van der Waals surface area (Å²) in [5.41, 5.74) is -0.156. The van der Waals surface area contributed by atoms with Crippen molar-refractivity contribution in [2.75, 3.05) is 26.2 Å². The molecule has 8 heteroatoms. The number of hydrogen-bond acceptors (Lipinski definition) is 4. The zero-order valence-corrected chi connectivity index (χ0v) is 16.3. The second-order valence-electron chi connectivity index (χ2n) is 7.09. The zero-order valence-electron chi connectivity index (χ0n) is 15.5. The molecule has 2 aromatic rings. The number of carbonyl (C=O) groups is 1. The Bertz CT molecular complexity index is 978. The number of hydrogen-bond donors (Lipinski definition) is 1. The van der Waals surface area contributed by atoms with Crippen LogP contribution in [0, 0.1) is 11.6 Å². The number of amides is 1. The highest BCUT2D eigenvalue weighted by atomic mass is 35.5. The van der Waals surface area contributed by atoms with Gasteiger partial charge in [-0.25, -0.2) is 8.78 Å². The molecule has 0 spiro atoms. The molecule has 1 atom stereocenters. The summed E-state index contributed by atoms with van der Waals surface area (Å²) in [4.78, 5) is 15.6. The van der Waals surface area contributed by atoms with Crippen molar-refractivity contribution in [3.8, 4) is 22.6 Å². The molecule has 5 nitrogen and oxygen atoms in total. The highest BCUT2D eigenvalue weighted by Crippen LogP contribution is 2.43. The minimum absolute atomic E-state index is 0.0346. The molecule has 4 rings (SSSR count). The summed E-state index contributed by atoms with van der Waals surface area (Å²) >= 11 is 6.09. The van der Waals surface area contributed by atoms with E-state index in [1.807, 2.05) is 4.90 Å². The van der Waals surface area contributed by atoms with E-state index in [2.05, 4.69) is 6.58 Å². The third-order valence-electron chi connectivity index (χ3n) is 5.38. The molecule has 1 fully saturated rings. The maximum absolute atomic E-state index is 15.3. The standard InChI is InChI=1S/C21H19ClF2N2O3/c1-2-17(28)26-7-6-25-9-12-8-15(23)19(18-14(22)4-3-5-16(18)27)20(24)21(12)29-11-13(25)10-26/h2-5,8,13,27H,1,6-7,9-11H2. The van der Waals surface area contributed by atoms with Gasteiger partial charge in [-0.1, -0.05) is 24.2 Å². The quantitative estimate of drug-likeness (QED) is 0.754. The van der Waals surface area contributed by atoms with Gasteiger partial charge in [-0.3, -0.25) is 9.69 Å². The van der Waals surface area contributed by atoms with Gasteiger partial charge in [0.25, 0.3) is 0 Å². The third-order valence-corrected chi connectivity index (χ3v) is 5.69. The van der Waals surface area contributed by atoms with Crippen LogP contribution in [-0.4, -0.2) is 53.1 Å². The van der Waals surface area contributed by atoms with Gasteiger partial charge in [0.2, 0.25) is 5.91 Å². The number of fused-ring (bicyclic) bond motifs is 2. The van der Waals surface area contributed by atoms with Crippen LogP contribution in [0.5, 0.6) is 11.5 Å². The number of aromatic hydroxyl groups is 1. The van der Waals surface area contributed by atoms with Crippen molar-refractivity contribution in [1.29, 1.82) is 0 Å². The molecule has 0 bridgehead atoms. The van der Waals surface area contributed by atoms with Crippen molar-refractivity contribution in [2.24, 2.45) is 0 Å². The van der Waals surface area contributed by atoms with Gasteiger partial charge >= 0.3 is 0 Å². The number of nitrogens with zero attached hydrogens (tertiary/aromatic N) is 2. The minimum Gasteiger partial charge on any atom is -0.507 e. The lowest BCUT2D eigenvalue weighted by atomic mass is 9.99. The lowest BCUT2D eigenvalue weighted by molar-refractivity contribution is -0.129. The van der Waals surface area contributed by atoms with Gasteiger partial charge in [-0.2, -0.15) is 0 Å². The predicted octanol–water partition coefficient (Wildman–Crippen LogP) is 3.58. The average Bonchev–Trinajstić information content (AvgIpc) is 2.88. The number of rotatable bonds is 2. The number of benzene rings is 2. The maximum Gasteiger partial charge on any atom is 0.246 e. The van der Waals surface area contributed by atoms with Crippen LogP contribution >= 0.6 is 11.6 Å². The van der Waals surface area contributed by atoms with Crippen molar-refractivity contribution >= 4 is 17.5 Å². The Morgan fingerprint density at radius 2 is 2.10 bits per heavy atom. The van der Waals surface area contributed by atoms with Crippen LogP contribution in [0.25, 0.3) is 11.1 Å². The van der Waals surface area contributed by atoms with E-state index >= 15 is 4.39 Å². The summed E-state index contributed by atoms with van der Waals surface area (Å²) < 4.78 is 36.0. The molecule has 0 saturated carbocycles. The molecule has 2 aromatic carbocycles. The van der Waals surface area contributed by atoms with Crippen LogP contribution in [0.2, 0.25) is 5.02 Å². The number of phenolic OH excluding ortho intramolecular Hbond substituents is 1. The van der Waals surface area contributed by atoms with Crippen LogP contribution in [-0.2, 0) is 11.3 Å². The lowest BCUT2D eigenvalue weighted by Crippen LogP contribution is -2.55. The molecule has 152 valence electrons. The SMILES string of the molecule is C=CC(=O)N1CCN2Cc3cc(F)c(-c4c(O)cccc4Cl)c(F)c3OCC2C1.